The second kappa shape index (κ2) is 21.2. The van der Waals surface area contributed by atoms with E-state index in [4.69, 9.17) is 23.4 Å². The lowest BCUT2D eigenvalue weighted by Crippen LogP contribution is -2.26. The number of aromatic nitrogens is 3. The van der Waals surface area contributed by atoms with Crippen LogP contribution in [0.5, 0.6) is 0 Å². The zero-order valence-corrected chi connectivity index (χ0v) is 29.6. The minimum Gasteiger partial charge on any atom is -0.456 e. The zero-order chi connectivity index (χ0) is 33.9. The standard InChI is InChI=1S/C39H58N4O6/c1-31-23-24-37(47-31)39(44)40-25-9-2-3-10-26-45-27-11-7-18-34-20-14-22-38(49-34)43-29-35(41-42-43)36-21-13-19-33(48-36)17-8-12-28-46-30-32-15-5-4-6-16-32/h4-6,15-16,23-24,29,33-34,36,38H,2-3,7-14,17-22,25-28,30H2,1H3,(H,40,44)/t33-,34+,36-,38+/m1/s1. The van der Waals surface area contributed by atoms with Gasteiger partial charge in [-0.15, -0.1) is 5.10 Å². The number of benzene rings is 1. The highest BCUT2D eigenvalue weighted by atomic mass is 16.5. The van der Waals surface area contributed by atoms with Crippen LogP contribution in [0.15, 0.2) is 53.1 Å². The molecule has 2 aliphatic rings. The van der Waals surface area contributed by atoms with Crippen molar-refractivity contribution in [1.29, 1.82) is 0 Å². The third-order valence-corrected chi connectivity index (χ3v) is 9.54. The maximum Gasteiger partial charge on any atom is 0.286 e. The molecule has 2 fully saturated rings. The first-order chi connectivity index (χ1) is 24.1. The molecule has 270 valence electrons. The van der Waals surface area contributed by atoms with Gasteiger partial charge in [0.05, 0.1) is 25.0 Å². The Hall–Kier alpha value is -3.05. The second-order valence-corrected chi connectivity index (χ2v) is 13.7. The van der Waals surface area contributed by atoms with Crippen LogP contribution in [0, 0.1) is 6.92 Å². The van der Waals surface area contributed by atoms with Crippen molar-refractivity contribution in [3.05, 3.63) is 71.4 Å². The Morgan fingerprint density at radius 2 is 1.53 bits per heavy atom. The van der Waals surface area contributed by atoms with Crippen LogP contribution in [0.2, 0.25) is 0 Å². The van der Waals surface area contributed by atoms with E-state index in [2.05, 4.69) is 46.1 Å². The summed E-state index contributed by atoms with van der Waals surface area (Å²) in [4.78, 5) is 12.0. The molecule has 4 atom stereocenters. The number of carbonyl (C=O) groups excluding carboxylic acids is 1. The third-order valence-electron chi connectivity index (χ3n) is 9.54. The number of carbonyl (C=O) groups is 1. The number of hydrogen-bond donors (Lipinski definition) is 1. The second-order valence-electron chi connectivity index (χ2n) is 13.7. The first-order valence-corrected chi connectivity index (χ1v) is 18.9. The fraction of sp³-hybridized carbons (Fsp3) is 0.667. The van der Waals surface area contributed by atoms with E-state index in [1.807, 2.05) is 17.7 Å². The van der Waals surface area contributed by atoms with Crippen molar-refractivity contribution in [2.24, 2.45) is 0 Å². The Morgan fingerprint density at radius 1 is 0.816 bits per heavy atom. The van der Waals surface area contributed by atoms with Crippen molar-refractivity contribution < 1.29 is 28.2 Å². The van der Waals surface area contributed by atoms with E-state index in [1.165, 1.54) is 5.56 Å². The zero-order valence-electron chi connectivity index (χ0n) is 29.6. The summed E-state index contributed by atoms with van der Waals surface area (Å²) in [6, 6.07) is 13.9. The summed E-state index contributed by atoms with van der Waals surface area (Å²) in [6.45, 7) is 5.57. The highest BCUT2D eigenvalue weighted by Gasteiger charge is 2.28. The van der Waals surface area contributed by atoms with Gasteiger partial charge in [0.15, 0.2) is 12.0 Å². The molecule has 0 saturated carbocycles. The quantitative estimate of drug-likeness (QED) is 0.106. The number of aryl methyl sites for hydroxylation is 1. The lowest BCUT2D eigenvalue weighted by atomic mass is 9.99. The van der Waals surface area contributed by atoms with Crippen LogP contribution in [0.25, 0.3) is 0 Å². The molecule has 1 N–H and O–H groups in total. The van der Waals surface area contributed by atoms with Crippen molar-refractivity contribution >= 4 is 5.91 Å². The summed E-state index contributed by atoms with van der Waals surface area (Å²) < 4.78 is 32.0. The number of unbranched alkanes of at least 4 members (excludes halogenated alkanes) is 5. The number of ether oxygens (including phenoxy) is 4. The molecule has 10 nitrogen and oxygen atoms in total. The number of nitrogens with zero attached hydrogens (tertiary/aromatic N) is 3. The maximum atomic E-state index is 12.0. The van der Waals surface area contributed by atoms with Crippen LogP contribution in [-0.4, -0.2) is 59.5 Å². The van der Waals surface area contributed by atoms with Crippen molar-refractivity contribution in [2.45, 2.75) is 141 Å². The maximum absolute atomic E-state index is 12.0. The summed E-state index contributed by atoms with van der Waals surface area (Å²) in [6.07, 6.45) is 19.7. The number of hydrogen-bond acceptors (Lipinski definition) is 8. The normalized spacial score (nSPS) is 21.2. The van der Waals surface area contributed by atoms with Crippen molar-refractivity contribution in [3.8, 4) is 0 Å². The van der Waals surface area contributed by atoms with Crippen LogP contribution in [0.1, 0.15) is 143 Å². The smallest absolute Gasteiger partial charge is 0.286 e. The molecule has 2 aromatic heterocycles. The van der Waals surface area contributed by atoms with Gasteiger partial charge in [-0.05, 0) is 115 Å². The van der Waals surface area contributed by atoms with Crippen LogP contribution in [0.3, 0.4) is 0 Å². The molecule has 0 aliphatic carbocycles. The Labute approximate surface area is 292 Å². The summed E-state index contributed by atoms with van der Waals surface area (Å²) in [7, 11) is 0. The minimum absolute atomic E-state index is 0.0196. The first-order valence-electron chi connectivity index (χ1n) is 18.9. The van der Waals surface area contributed by atoms with E-state index in [1.54, 1.807) is 12.1 Å². The van der Waals surface area contributed by atoms with Gasteiger partial charge in [0.25, 0.3) is 5.91 Å². The lowest BCUT2D eigenvalue weighted by Gasteiger charge is -2.30. The largest absolute Gasteiger partial charge is 0.456 e. The predicted octanol–water partition coefficient (Wildman–Crippen LogP) is 8.42. The van der Waals surface area contributed by atoms with Gasteiger partial charge >= 0.3 is 0 Å². The molecule has 1 amide bonds. The topological polar surface area (TPSA) is 110 Å². The fourth-order valence-electron chi connectivity index (χ4n) is 6.74. The average Bonchev–Trinajstić information content (AvgIpc) is 3.81. The Bertz CT molecular complexity index is 1330. The van der Waals surface area contributed by atoms with Gasteiger partial charge in [-0.25, -0.2) is 4.68 Å². The minimum atomic E-state index is -0.139. The molecule has 10 heteroatoms. The number of amides is 1. The van der Waals surface area contributed by atoms with Gasteiger partial charge in [-0.3, -0.25) is 4.79 Å². The SMILES string of the molecule is Cc1ccc(C(=O)NCCCCCCOCCCC[C@H]2CCC[C@@H](n3cc([C@H]4CCC[C@@H](CCCCOCc5ccccc5)O4)nn3)O2)o1. The molecule has 0 radical (unpaired) electrons. The van der Waals surface area contributed by atoms with E-state index < -0.39 is 0 Å². The number of furan rings is 1. The molecule has 3 aromatic rings. The van der Waals surface area contributed by atoms with Crippen molar-refractivity contribution in [1.82, 2.24) is 20.3 Å². The van der Waals surface area contributed by atoms with Gasteiger partial charge in [-0.2, -0.15) is 0 Å². The van der Waals surface area contributed by atoms with Crippen molar-refractivity contribution in [3.63, 3.8) is 0 Å². The van der Waals surface area contributed by atoms with Gasteiger partial charge in [-0.1, -0.05) is 48.4 Å². The average molecular weight is 679 g/mol. The molecule has 0 unspecified atom stereocenters. The van der Waals surface area contributed by atoms with Crippen LogP contribution in [0.4, 0.5) is 0 Å². The lowest BCUT2D eigenvalue weighted by molar-refractivity contribution is -0.0993. The van der Waals surface area contributed by atoms with E-state index >= 15 is 0 Å². The van der Waals surface area contributed by atoms with E-state index in [9.17, 15) is 4.79 Å². The van der Waals surface area contributed by atoms with E-state index in [-0.39, 0.29) is 30.4 Å². The Morgan fingerprint density at radius 3 is 2.31 bits per heavy atom. The van der Waals surface area contributed by atoms with Crippen molar-refractivity contribution in [2.75, 3.05) is 26.4 Å². The molecule has 2 saturated heterocycles. The molecule has 49 heavy (non-hydrogen) atoms. The van der Waals surface area contributed by atoms with Crippen LogP contribution in [-0.2, 0) is 25.6 Å². The molecular formula is C39H58N4O6. The fourth-order valence-corrected chi connectivity index (χ4v) is 6.74. The summed E-state index contributed by atoms with van der Waals surface area (Å²) in [5, 5.41) is 11.9. The van der Waals surface area contributed by atoms with Gasteiger partial charge < -0.3 is 28.7 Å². The highest BCUT2D eigenvalue weighted by molar-refractivity contribution is 5.91. The molecule has 0 bridgehead atoms. The van der Waals surface area contributed by atoms with Crippen LogP contribution >= 0.6 is 0 Å². The van der Waals surface area contributed by atoms with Crippen LogP contribution < -0.4 is 5.32 Å². The summed E-state index contributed by atoms with van der Waals surface area (Å²) in [5.74, 6) is 0.994. The molecule has 5 rings (SSSR count). The van der Waals surface area contributed by atoms with E-state index in [0.717, 1.165) is 134 Å². The number of nitrogens with one attached hydrogen (secondary N) is 1. The first kappa shape index (κ1) is 37.2. The molecular weight excluding hydrogens is 620 g/mol. The van der Waals surface area contributed by atoms with Gasteiger partial charge in [0.1, 0.15) is 17.6 Å². The monoisotopic (exact) mass is 678 g/mol. The van der Waals surface area contributed by atoms with Gasteiger partial charge in [0.2, 0.25) is 0 Å². The molecule has 0 spiro atoms. The summed E-state index contributed by atoms with van der Waals surface area (Å²) >= 11 is 0. The summed E-state index contributed by atoms with van der Waals surface area (Å²) in [5.41, 5.74) is 2.16. The number of rotatable bonds is 22. The van der Waals surface area contributed by atoms with Gasteiger partial charge in [0, 0.05) is 26.4 Å². The van der Waals surface area contributed by atoms with E-state index in [0.29, 0.717) is 18.9 Å². The third kappa shape index (κ3) is 13.3. The predicted molar refractivity (Wildman–Crippen MR) is 188 cm³/mol. The highest BCUT2D eigenvalue weighted by Crippen LogP contribution is 2.34. The molecule has 4 heterocycles. The Balaban J connectivity index is 0.871. The molecule has 2 aliphatic heterocycles. The Kier molecular flexibility index (Phi) is 16.1. The molecule has 1 aromatic carbocycles.